The van der Waals surface area contributed by atoms with Crippen LogP contribution in [0, 0.1) is 12.7 Å². The largest absolute Gasteiger partial charge is 0.451 e. The Morgan fingerprint density at radius 3 is 2.89 bits per heavy atom. The number of carbonyl (C=O) groups is 1. The summed E-state index contributed by atoms with van der Waals surface area (Å²) in [5, 5.41) is 3.66. The maximum Gasteiger partial charge on any atom is 0.287 e. The second kappa shape index (κ2) is 7.00. The summed E-state index contributed by atoms with van der Waals surface area (Å²) < 4.78 is 22.5. The van der Waals surface area contributed by atoms with Crippen LogP contribution in [-0.4, -0.2) is 15.5 Å². The van der Waals surface area contributed by atoms with Crippen molar-refractivity contribution in [2.45, 2.75) is 13.5 Å². The van der Waals surface area contributed by atoms with E-state index in [1.807, 2.05) is 25.1 Å². The standard InChI is InChI=1S/C20H15BrFN3O2/c1-12-15-9-14(21)3-5-18(15)27-19(12)20(26)24-10-13-2-4-17(16(22)8-13)25-7-6-23-11-25/h2-9,11H,10H2,1H3,(H,24,26). The van der Waals surface area contributed by atoms with Crippen LogP contribution in [0.25, 0.3) is 16.7 Å². The number of furan rings is 1. The number of rotatable bonds is 4. The highest BCUT2D eigenvalue weighted by atomic mass is 79.9. The van der Waals surface area contributed by atoms with Gasteiger partial charge in [-0.05, 0) is 42.8 Å². The molecule has 2 aromatic carbocycles. The molecule has 0 radical (unpaired) electrons. The van der Waals surface area contributed by atoms with Crippen LogP contribution in [0.15, 0.2) is 64.0 Å². The zero-order valence-corrected chi connectivity index (χ0v) is 16.0. The number of benzene rings is 2. The fraction of sp³-hybridized carbons (Fsp3) is 0.100. The van der Waals surface area contributed by atoms with Crippen LogP contribution in [0.3, 0.4) is 0 Å². The third kappa shape index (κ3) is 3.38. The quantitative estimate of drug-likeness (QED) is 0.510. The summed E-state index contributed by atoms with van der Waals surface area (Å²) in [5.41, 5.74) is 2.48. The van der Waals surface area contributed by atoms with Gasteiger partial charge in [-0.1, -0.05) is 22.0 Å². The predicted octanol–water partition coefficient (Wildman–Crippen LogP) is 4.76. The molecule has 2 heterocycles. The summed E-state index contributed by atoms with van der Waals surface area (Å²) >= 11 is 3.42. The van der Waals surface area contributed by atoms with Crippen molar-refractivity contribution >= 4 is 32.8 Å². The zero-order chi connectivity index (χ0) is 19.0. The minimum absolute atomic E-state index is 0.195. The molecule has 136 valence electrons. The lowest BCUT2D eigenvalue weighted by atomic mass is 10.1. The molecule has 2 aromatic heterocycles. The molecule has 0 atom stereocenters. The fourth-order valence-corrected chi connectivity index (χ4v) is 3.30. The molecule has 0 bridgehead atoms. The number of fused-ring (bicyclic) bond motifs is 1. The topological polar surface area (TPSA) is 60.1 Å². The Morgan fingerprint density at radius 2 is 2.15 bits per heavy atom. The molecule has 0 aliphatic heterocycles. The molecule has 4 aromatic rings. The smallest absolute Gasteiger partial charge is 0.287 e. The number of imidazole rings is 1. The third-order valence-corrected chi connectivity index (χ3v) is 4.85. The molecule has 4 rings (SSSR count). The highest BCUT2D eigenvalue weighted by molar-refractivity contribution is 9.10. The number of nitrogens with zero attached hydrogens (tertiary/aromatic N) is 2. The molecular formula is C20H15BrFN3O2. The lowest BCUT2D eigenvalue weighted by Gasteiger charge is -2.08. The van der Waals surface area contributed by atoms with Crippen molar-refractivity contribution in [1.82, 2.24) is 14.9 Å². The second-order valence-corrected chi connectivity index (χ2v) is 7.05. The number of hydrogen-bond acceptors (Lipinski definition) is 3. The molecule has 0 spiro atoms. The normalized spacial score (nSPS) is 11.1. The van der Waals surface area contributed by atoms with Gasteiger partial charge in [-0.2, -0.15) is 0 Å². The molecule has 0 saturated heterocycles. The molecule has 1 amide bonds. The predicted molar refractivity (Wildman–Crippen MR) is 103 cm³/mol. The average molecular weight is 428 g/mol. The van der Waals surface area contributed by atoms with Gasteiger partial charge in [0.1, 0.15) is 11.4 Å². The maximum absolute atomic E-state index is 14.3. The molecule has 5 nitrogen and oxygen atoms in total. The van der Waals surface area contributed by atoms with Gasteiger partial charge in [0.25, 0.3) is 5.91 Å². The monoisotopic (exact) mass is 427 g/mol. The van der Waals surface area contributed by atoms with Crippen LogP contribution >= 0.6 is 15.9 Å². The summed E-state index contributed by atoms with van der Waals surface area (Å²) in [5.74, 6) is -0.456. The summed E-state index contributed by atoms with van der Waals surface area (Å²) in [4.78, 5) is 16.4. The Labute approximate surface area is 162 Å². The van der Waals surface area contributed by atoms with Crippen molar-refractivity contribution in [3.63, 3.8) is 0 Å². The van der Waals surface area contributed by atoms with Gasteiger partial charge in [-0.25, -0.2) is 9.37 Å². The average Bonchev–Trinajstić information content (AvgIpc) is 3.29. The van der Waals surface area contributed by atoms with Gasteiger partial charge >= 0.3 is 0 Å². The van der Waals surface area contributed by atoms with E-state index in [0.29, 0.717) is 16.8 Å². The van der Waals surface area contributed by atoms with Crippen LogP contribution in [-0.2, 0) is 6.54 Å². The van der Waals surface area contributed by atoms with Crippen molar-refractivity contribution in [3.05, 3.63) is 82.3 Å². The van der Waals surface area contributed by atoms with E-state index in [1.165, 1.54) is 12.4 Å². The first-order valence-corrected chi connectivity index (χ1v) is 9.06. The van der Waals surface area contributed by atoms with Crippen molar-refractivity contribution in [3.8, 4) is 5.69 Å². The van der Waals surface area contributed by atoms with Crippen LogP contribution in [0.2, 0.25) is 0 Å². The van der Waals surface area contributed by atoms with E-state index in [1.54, 1.807) is 29.1 Å². The molecule has 0 aliphatic rings. The molecule has 7 heteroatoms. The Kier molecular flexibility index (Phi) is 4.53. The Hall–Kier alpha value is -2.93. The molecule has 0 fully saturated rings. The van der Waals surface area contributed by atoms with Crippen LogP contribution in [0.5, 0.6) is 0 Å². The maximum atomic E-state index is 14.3. The van der Waals surface area contributed by atoms with E-state index in [2.05, 4.69) is 26.2 Å². The Balaban J connectivity index is 1.51. The van der Waals surface area contributed by atoms with Crippen molar-refractivity contribution in [2.75, 3.05) is 0 Å². The van der Waals surface area contributed by atoms with Crippen molar-refractivity contribution in [2.24, 2.45) is 0 Å². The van der Waals surface area contributed by atoms with E-state index in [9.17, 15) is 9.18 Å². The number of amides is 1. The highest BCUT2D eigenvalue weighted by Crippen LogP contribution is 2.28. The molecule has 0 aliphatic carbocycles. The number of aryl methyl sites for hydroxylation is 1. The molecule has 0 saturated carbocycles. The number of aromatic nitrogens is 2. The third-order valence-electron chi connectivity index (χ3n) is 4.35. The molecule has 27 heavy (non-hydrogen) atoms. The first-order chi connectivity index (χ1) is 13.0. The summed E-state index contributed by atoms with van der Waals surface area (Å²) in [6.07, 6.45) is 4.78. The Morgan fingerprint density at radius 1 is 1.30 bits per heavy atom. The van der Waals surface area contributed by atoms with Gasteiger partial charge in [-0.3, -0.25) is 4.79 Å². The summed E-state index contributed by atoms with van der Waals surface area (Å²) in [7, 11) is 0. The summed E-state index contributed by atoms with van der Waals surface area (Å²) in [6, 6.07) is 10.4. The van der Waals surface area contributed by atoms with E-state index >= 15 is 0 Å². The van der Waals surface area contributed by atoms with Gasteiger partial charge in [-0.15, -0.1) is 0 Å². The van der Waals surface area contributed by atoms with Crippen LogP contribution in [0.4, 0.5) is 4.39 Å². The first-order valence-electron chi connectivity index (χ1n) is 8.26. The van der Waals surface area contributed by atoms with E-state index < -0.39 is 0 Å². The van der Waals surface area contributed by atoms with Gasteiger partial charge in [0, 0.05) is 34.4 Å². The number of nitrogens with one attached hydrogen (secondary N) is 1. The summed E-state index contributed by atoms with van der Waals surface area (Å²) in [6.45, 7) is 2.03. The lowest BCUT2D eigenvalue weighted by Crippen LogP contribution is -2.23. The van der Waals surface area contributed by atoms with Gasteiger partial charge in [0.15, 0.2) is 5.76 Å². The molecule has 0 unspecified atom stereocenters. The SMILES string of the molecule is Cc1c(C(=O)NCc2ccc(-n3ccnc3)c(F)c2)oc2ccc(Br)cc12. The number of carbonyl (C=O) groups excluding carboxylic acids is 1. The van der Waals surface area contributed by atoms with E-state index in [0.717, 1.165) is 15.4 Å². The lowest BCUT2D eigenvalue weighted by molar-refractivity contribution is 0.0924. The van der Waals surface area contributed by atoms with Crippen LogP contribution in [0.1, 0.15) is 21.7 Å². The van der Waals surface area contributed by atoms with E-state index in [-0.39, 0.29) is 24.0 Å². The van der Waals surface area contributed by atoms with Gasteiger partial charge in [0.05, 0.1) is 12.0 Å². The van der Waals surface area contributed by atoms with Crippen LogP contribution < -0.4 is 5.32 Å². The van der Waals surface area contributed by atoms with Gasteiger partial charge < -0.3 is 14.3 Å². The minimum Gasteiger partial charge on any atom is -0.451 e. The second-order valence-electron chi connectivity index (χ2n) is 6.14. The Bertz CT molecular complexity index is 1140. The van der Waals surface area contributed by atoms with Crippen molar-refractivity contribution in [1.29, 1.82) is 0 Å². The van der Waals surface area contributed by atoms with Crippen molar-refractivity contribution < 1.29 is 13.6 Å². The fourth-order valence-electron chi connectivity index (χ4n) is 2.94. The minimum atomic E-state index is -0.385. The van der Waals surface area contributed by atoms with Gasteiger partial charge in [0.2, 0.25) is 0 Å². The zero-order valence-electron chi connectivity index (χ0n) is 14.4. The molecule has 1 N–H and O–H groups in total. The van der Waals surface area contributed by atoms with E-state index in [4.69, 9.17) is 4.42 Å². The first kappa shape index (κ1) is 17.5. The number of halogens is 2. The molecular weight excluding hydrogens is 413 g/mol. The highest BCUT2D eigenvalue weighted by Gasteiger charge is 2.17. The number of hydrogen-bond donors (Lipinski definition) is 1.